The number of aromatic nitrogens is 1. The predicted octanol–water partition coefficient (Wildman–Crippen LogP) is 1.46. The number of hydrogen-bond acceptors (Lipinski definition) is 4. The van der Waals surface area contributed by atoms with Gasteiger partial charge >= 0.3 is 0 Å². The van der Waals surface area contributed by atoms with Crippen molar-refractivity contribution < 1.29 is 14.7 Å². The number of ketones is 1. The largest absolute Gasteiger partial charge is 0.545 e. The Bertz CT molecular complexity index is 677. The molecule has 19 heavy (non-hydrogen) atoms. The summed E-state index contributed by atoms with van der Waals surface area (Å²) in [4.78, 5) is 22.8. The van der Waals surface area contributed by atoms with E-state index in [9.17, 15) is 14.7 Å². The van der Waals surface area contributed by atoms with Gasteiger partial charge in [0.25, 0.3) is 0 Å². The van der Waals surface area contributed by atoms with Crippen molar-refractivity contribution in [2.75, 3.05) is 0 Å². The lowest BCUT2D eigenvalue weighted by Crippen LogP contribution is -2.23. The zero-order chi connectivity index (χ0) is 13.8. The first kappa shape index (κ1) is 13.2. The number of nitrogens with zero attached hydrogens (tertiary/aromatic N) is 1. The van der Waals surface area contributed by atoms with Crippen molar-refractivity contribution in [2.24, 2.45) is 0 Å². The van der Waals surface area contributed by atoms with Gasteiger partial charge in [-0.1, -0.05) is 42.5 Å². The molecule has 96 valence electrons. The summed E-state index contributed by atoms with van der Waals surface area (Å²) in [6.45, 7) is 0.00394. The SMILES string of the molecule is O=C([O-])c1ccc(=S)n(CC(=O)c2ccccc2)c1. The average molecular weight is 272 g/mol. The molecule has 0 aliphatic rings. The van der Waals surface area contributed by atoms with Gasteiger partial charge in [0.1, 0.15) is 4.64 Å². The van der Waals surface area contributed by atoms with Crippen LogP contribution in [0.15, 0.2) is 48.7 Å². The van der Waals surface area contributed by atoms with E-state index in [4.69, 9.17) is 12.2 Å². The normalized spacial score (nSPS) is 10.1. The summed E-state index contributed by atoms with van der Waals surface area (Å²) in [7, 11) is 0. The number of benzene rings is 1. The third-order valence-corrected chi connectivity index (χ3v) is 3.00. The summed E-state index contributed by atoms with van der Waals surface area (Å²) in [6, 6.07) is 11.6. The van der Waals surface area contributed by atoms with Gasteiger partial charge in [-0.3, -0.25) is 4.79 Å². The summed E-state index contributed by atoms with van der Waals surface area (Å²) < 4.78 is 1.82. The molecule has 5 heteroatoms. The molecule has 0 fully saturated rings. The molecule has 0 aliphatic carbocycles. The van der Waals surface area contributed by atoms with Crippen molar-refractivity contribution in [3.05, 3.63) is 64.4 Å². The van der Waals surface area contributed by atoms with Crippen molar-refractivity contribution in [1.82, 2.24) is 4.57 Å². The van der Waals surface area contributed by atoms with E-state index in [1.54, 1.807) is 24.3 Å². The van der Waals surface area contributed by atoms with Crippen LogP contribution < -0.4 is 5.11 Å². The van der Waals surface area contributed by atoms with E-state index >= 15 is 0 Å². The average Bonchev–Trinajstić information content (AvgIpc) is 2.42. The quantitative estimate of drug-likeness (QED) is 0.624. The third kappa shape index (κ3) is 3.14. The Kier molecular flexibility index (Phi) is 3.87. The van der Waals surface area contributed by atoms with Crippen LogP contribution in [0.25, 0.3) is 0 Å². The van der Waals surface area contributed by atoms with E-state index in [-0.39, 0.29) is 17.9 Å². The first-order valence-electron chi connectivity index (χ1n) is 5.58. The second-order valence-corrected chi connectivity index (χ2v) is 4.38. The molecule has 0 aliphatic heterocycles. The van der Waals surface area contributed by atoms with Crippen LogP contribution in [0.4, 0.5) is 0 Å². The molecule has 2 rings (SSSR count). The van der Waals surface area contributed by atoms with Crippen LogP contribution in [-0.2, 0) is 6.54 Å². The zero-order valence-electron chi connectivity index (χ0n) is 9.91. The van der Waals surface area contributed by atoms with Crippen LogP contribution in [0, 0.1) is 4.64 Å². The molecule has 0 amide bonds. The maximum absolute atomic E-state index is 12.0. The molecule has 1 aromatic carbocycles. The standard InChI is InChI=1S/C14H11NO3S/c16-12(10-4-2-1-3-5-10)9-15-8-11(14(17)18)6-7-13(15)19/h1-8H,9H2,(H,17,18)/p-1. The fourth-order valence-electron chi connectivity index (χ4n) is 1.65. The molecule has 1 heterocycles. The molecule has 0 unspecified atom stereocenters. The fourth-order valence-corrected chi connectivity index (χ4v) is 1.83. The van der Waals surface area contributed by atoms with Crippen LogP contribution in [0.1, 0.15) is 20.7 Å². The van der Waals surface area contributed by atoms with Crippen LogP contribution in [0.2, 0.25) is 0 Å². The van der Waals surface area contributed by atoms with Crippen LogP contribution in [0.3, 0.4) is 0 Å². The molecule has 2 aromatic rings. The van der Waals surface area contributed by atoms with E-state index in [1.807, 2.05) is 6.07 Å². The molecule has 0 bridgehead atoms. The van der Waals surface area contributed by atoms with Gasteiger partial charge < -0.3 is 14.5 Å². The van der Waals surface area contributed by atoms with Gasteiger partial charge in [0.15, 0.2) is 5.78 Å². The molecule has 0 N–H and O–H groups in total. The number of pyridine rings is 1. The second-order valence-electron chi connectivity index (χ2n) is 3.96. The molecular weight excluding hydrogens is 262 g/mol. The number of Topliss-reactive ketones (excluding diaryl/α,β-unsaturated/α-hetero) is 1. The Balaban J connectivity index is 2.29. The van der Waals surface area contributed by atoms with Crippen LogP contribution in [-0.4, -0.2) is 16.3 Å². The van der Waals surface area contributed by atoms with Crippen molar-refractivity contribution in [1.29, 1.82) is 0 Å². The van der Waals surface area contributed by atoms with Crippen molar-refractivity contribution >= 4 is 24.0 Å². The molecule has 0 atom stereocenters. The van der Waals surface area contributed by atoms with Gasteiger partial charge in [-0.2, -0.15) is 0 Å². The Hall–Kier alpha value is -2.27. The van der Waals surface area contributed by atoms with Crippen molar-refractivity contribution in [3.63, 3.8) is 0 Å². The number of carboxylic acids is 1. The minimum atomic E-state index is -1.30. The molecule has 0 saturated heterocycles. The highest BCUT2D eigenvalue weighted by Gasteiger charge is 2.06. The van der Waals surface area contributed by atoms with E-state index in [1.165, 1.54) is 22.9 Å². The van der Waals surface area contributed by atoms with E-state index in [0.29, 0.717) is 10.2 Å². The molecule has 0 radical (unpaired) electrons. The van der Waals surface area contributed by atoms with E-state index < -0.39 is 5.97 Å². The topological polar surface area (TPSA) is 62.1 Å². The highest BCUT2D eigenvalue weighted by molar-refractivity contribution is 7.71. The van der Waals surface area contributed by atoms with Crippen molar-refractivity contribution in [2.45, 2.75) is 6.54 Å². The lowest BCUT2D eigenvalue weighted by molar-refractivity contribution is -0.255. The van der Waals surface area contributed by atoms with E-state index in [2.05, 4.69) is 0 Å². The lowest BCUT2D eigenvalue weighted by atomic mass is 10.1. The Labute approximate surface area is 114 Å². The Morgan fingerprint density at radius 1 is 1.05 bits per heavy atom. The third-order valence-electron chi connectivity index (χ3n) is 2.63. The highest BCUT2D eigenvalue weighted by atomic mass is 32.1. The Morgan fingerprint density at radius 2 is 1.74 bits per heavy atom. The zero-order valence-corrected chi connectivity index (χ0v) is 10.7. The fraction of sp³-hybridized carbons (Fsp3) is 0.0714. The second kappa shape index (κ2) is 5.58. The smallest absolute Gasteiger partial charge is 0.182 e. The van der Waals surface area contributed by atoms with Crippen molar-refractivity contribution in [3.8, 4) is 0 Å². The number of carbonyl (C=O) groups excluding carboxylic acids is 2. The first-order valence-corrected chi connectivity index (χ1v) is 5.99. The number of carbonyl (C=O) groups is 2. The Morgan fingerprint density at radius 3 is 2.37 bits per heavy atom. The lowest BCUT2D eigenvalue weighted by Gasteiger charge is -2.09. The van der Waals surface area contributed by atoms with Crippen LogP contribution >= 0.6 is 12.2 Å². The van der Waals surface area contributed by atoms with Gasteiger partial charge in [-0.25, -0.2) is 0 Å². The number of hydrogen-bond donors (Lipinski definition) is 0. The summed E-state index contributed by atoms with van der Waals surface area (Å²) in [5, 5.41) is 10.8. The molecule has 0 spiro atoms. The monoisotopic (exact) mass is 272 g/mol. The number of rotatable bonds is 4. The minimum Gasteiger partial charge on any atom is -0.545 e. The molecular formula is C14H10NO3S-. The summed E-state index contributed by atoms with van der Waals surface area (Å²) >= 11 is 5.06. The molecule has 1 aromatic heterocycles. The van der Waals surface area contributed by atoms with Gasteiger partial charge in [0.2, 0.25) is 0 Å². The van der Waals surface area contributed by atoms with E-state index in [0.717, 1.165) is 0 Å². The van der Waals surface area contributed by atoms with Gasteiger partial charge in [-0.05, 0) is 12.1 Å². The summed E-state index contributed by atoms with van der Waals surface area (Å²) in [6.07, 6.45) is 1.32. The van der Waals surface area contributed by atoms with Gasteiger partial charge in [0, 0.05) is 17.3 Å². The molecule has 4 nitrogen and oxygen atoms in total. The van der Waals surface area contributed by atoms with Gasteiger partial charge in [-0.15, -0.1) is 0 Å². The van der Waals surface area contributed by atoms with Crippen LogP contribution in [0.5, 0.6) is 0 Å². The molecule has 0 saturated carbocycles. The first-order chi connectivity index (χ1) is 9.08. The summed E-state index contributed by atoms with van der Waals surface area (Å²) in [5.41, 5.74) is 0.553. The maximum Gasteiger partial charge on any atom is 0.182 e. The van der Waals surface area contributed by atoms with Gasteiger partial charge in [0.05, 0.1) is 12.5 Å². The maximum atomic E-state index is 12.0. The number of carboxylic acid groups (broad SMARTS) is 1. The predicted molar refractivity (Wildman–Crippen MR) is 70.4 cm³/mol. The minimum absolute atomic E-state index is 0.00394. The highest BCUT2D eigenvalue weighted by Crippen LogP contribution is 2.05. The summed E-state index contributed by atoms with van der Waals surface area (Å²) in [5.74, 6) is -1.43. The number of aromatic carboxylic acids is 1.